The van der Waals surface area contributed by atoms with E-state index in [4.69, 9.17) is 51.5 Å². The van der Waals surface area contributed by atoms with Crippen LogP contribution >= 0.6 is 46.4 Å². The largest absolute Gasteiger partial charge is 0.478 e. The Morgan fingerprint density at radius 2 is 1.59 bits per heavy atom. The van der Waals surface area contributed by atoms with E-state index in [1.165, 1.54) is 7.05 Å². The first kappa shape index (κ1) is 14.4. The number of carboxylic acids is 1. The van der Waals surface area contributed by atoms with Crippen LogP contribution in [-0.4, -0.2) is 24.5 Å². The molecule has 1 rings (SSSR count). The number of carbonyl (C=O) groups is 2. The molecule has 1 aromatic rings. The number of hydrogen-bond donors (Lipinski definition) is 1. The molecule has 8 heteroatoms. The van der Waals surface area contributed by atoms with Crippen molar-refractivity contribution in [2.75, 3.05) is 11.9 Å². The maximum absolute atomic E-state index is 11.1. The Kier molecular flexibility index (Phi) is 4.49. The average molecular weight is 317 g/mol. The van der Waals surface area contributed by atoms with E-state index >= 15 is 0 Å². The molecule has 0 aromatic heterocycles. The van der Waals surface area contributed by atoms with Crippen LogP contribution in [0.4, 0.5) is 5.69 Å². The number of carboxylic acid groups (broad SMARTS) is 1. The summed E-state index contributed by atoms with van der Waals surface area (Å²) in [6, 6.07) is 0. The smallest absolute Gasteiger partial charge is 0.339 e. The molecule has 0 atom stereocenters. The molecule has 92 valence electrons. The summed E-state index contributed by atoms with van der Waals surface area (Å²) in [6.07, 6.45) is 0.383. The summed E-state index contributed by atoms with van der Waals surface area (Å²) in [5.74, 6) is -1.36. The topological polar surface area (TPSA) is 57.6 Å². The van der Waals surface area contributed by atoms with E-state index < -0.39 is 5.97 Å². The average Bonchev–Trinajstić information content (AvgIpc) is 2.29. The van der Waals surface area contributed by atoms with Gasteiger partial charge in [-0.05, 0) is 0 Å². The summed E-state index contributed by atoms with van der Waals surface area (Å²) >= 11 is 23.1. The number of halogens is 4. The minimum Gasteiger partial charge on any atom is -0.478 e. The number of hydrogen-bond acceptors (Lipinski definition) is 2. The number of anilines is 1. The fraction of sp³-hybridized carbons (Fsp3) is 0.111. The van der Waals surface area contributed by atoms with Crippen LogP contribution in [0, 0.1) is 0 Å². The van der Waals surface area contributed by atoms with Crippen LogP contribution in [-0.2, 0) is 4.79 Å². The third kappa shape index (κ3) is 2.45. The summed E-state index contributed by atoms with van der Waals surface area (Å²) in [5, 5.41) is 8.36. The summed E-state index contributed by atoms with van der Waals surface area (Å²) in [5.41, 5.74) is -0.478. The zero-order valence-corrected chi connectivity index (χ0v) is 11.3. The van der Waals surface area contributed by atoms with Crippen molar-refractivity contribution in [1.29, 1.82) is 0 Å². The number of carbonyl (C=O) groups excluding carboxylic acids is 1. The lowest BCUT2D eigenvalue weighted by Crippen LogP contribution is -2.18. The predicted octanol–water partition coefficient (Wildman–Crippen LogP) is 3.59. The van der Waals surface area contributed by atoms with Gasteiger partial charge in [0.25, 0.3) is 0 Å². The van der Waals surface area contributed by atoms with Crippen molar-refractivity contribution in [3.8, 4) is 0 Å². The molecule has 0 saturated heterocycles. The SMILES string of the molecule is CN(C=O)c1c(Cl)c(Cl)c(Cl)c(Cl)c1C(=O)O. The minimum absolute atomic E-state index is 0.103. The van der Waals surface area contributed by atoms with Crippen molar-refractivity contribution in [2.24, 2.45) is 0 Å². The Bertz CT molecular complexity index is 504. The molecule has 0 aliphatic heterocycles. The molecule has 17 heavy (non-hydrogen) atoms. The summed E-state index contributed by atoms with van der Waals surface area (Å²) < 4.78 is 0. The lowest BCUT2D eigenvalue weighted by atomic mass is 10.1. The van der Waals surface area contributed by atoms with E-state index in [0.717, 1.165) is 4.90 Å². The molecule has 1 N–H and O–H groups in total. The van der Waals surface area contributed by atoms with Gasteiger partial charge in [0, 0.05) is 7.05 Å². The quantitative estimate of drug-likeness (QED) is 0.526. The minimum atomic E-state index is -1.36. The van der Waals surface area contributed by atoms with Crippen molar-refractivity contribution in [3.63, 3.8) is 0 Å². The van der Waals surface area contributed by atoms with Crippen LogP contribution in [0.2, 0.25) is 20.1 Å². The van der Waals surface area contributed by atoms with Crippen molar-refractivity contribution in [2.45, 2.75) is 0 Å². The van der Waals surface area contributed by atoms with Gasteiger partial charge in [-0.15, -0.1) is 0 Å². The highest BCUT2D eigenvalue weighted by Gasteiger charge is 2.26. The van der Waals surface area contributed by atoms with E-state index in [2.05, 4.69) is 0 Å². The van der Waals surface area contributed by atoms with E-state index in [9.17, 15) is 9.59 Å². The molecule has 1 aromatic carbocycles. The molecule has 0 aliphatic carbocycles. The van der Waals surface area contributed by atoms with Crippen LogP contribution in [0.1, 0.15) is 10.4 Å². The Labute approximate surface area is 117 Å². The molecule has 0 radical (unpaired) electrons. The van der Waals surface area contributed by atoms with Gasteiger partial charge in [-0.3, -0.25) is 4.79 Å². The van der Waals surface area contributed by atoms with E-state index in [-0.39, 0.29) is 31.3 Å². The van der Waals surface area contributed by atoms with Crippen LogP contribution < -0.4 is 4.90 Å². The lowest BCUT2D eigenvalue weighted by molar-refractivity contribution is -0.107. The van der Waals surface area contributed by atoms with Crippen LogP contribution in [0.15, 0.2) is 0 Å². The molecule has 0 heterocycles. The van der Waals surface area contributed by atoms with E-state index in [1.54, 1.807) is 0 Å². The summed E-state index contributed by atoms with van der Waals surface area (Å²) in [7, 11) is 1.32. The number of benzene rings is 1. The molecule has 1 amide bonds. The standard InChI is InChI=1S/C9H5Cl4NO3/c1-14(2-15)8-3(9(16)17)4(10)5(11)6(12)7(8)13/h2H,1H3,(H,16,17). The molecule has 0 bridgehead atoms. The Hall–Kier alpha value is -0.680. The highest BCUT2D eigenvalue weighted by Crippen LogP contribution is 2.45. The predicted molar refractivity (Wildman–Crippen MR) is 67.9 cm³/mol. The third-order valence-electron chi connectivity index (χ3n) is 1.97. The van der Waals surface area contributed by atoms with Gasteiger partial charge in [0.2, 0.25) is 6.41 Å². The molecule has 0 aliphatic rings. The van der Waals surface area contributed by atoms with Gasteiger partial charge in [-0.1, -0.05) is 46.4 Å². The number of aromatic carboxylic acids is 1. The van der Waals surface area contributed by atoms with Crippen molar-refractivity contribution >= 4 is 64.5 Å². The van der Waals surface area contributed by atoms with Gasteiger partial charge in [0.1, 0.15) is 5.56 Å². The second kappa shape index (κ2) is 5.31. The third-order valence-corrected chi connectivity index (χ3v) is 3.76. The van der Waals surface area contributed by atoms with Gasteiger partial charge < -0.3 is 10.0 Å². The fourth-order valence-corrected chi connectivity index (χ4v) is 2.26. The first-order valence-corrected chi connectivity index (χ1v) is 5.61. The lowest BCUT2D eigenvalue weighted by Gasteiger charge is -2.18. The van der Waals surface area contributed by atoms with Crippen molar-refractivity contribution < 1.29 is 14.7 Å². The van der Waals surface area contributed by atoms with Gasteiger partial charge >= 0.3 is 5.97 Å². The Balaban J connectivity index is 3.77. The highest BCUT2D eigenvalue weighted by molar-refractivity contribution is 6.54. The second-order valence-corrected chi connectivity index (χ2v) is 4.51. The summed E-state index contributed by atoms with van der Waals surface area (Å²) in [4.78, 5) is 22.7. The monoisotopic (exact) mass is 315 g/mol. The molecule has 4 nitrogen and oxygen atoms in total. The molecule has 0 saturated carbocycles. The Morgan fingerprint density at radius 1 is 1.12 bits per heavy atom. The number of amides is 1. The maximum atomic E-state index is 11.1. The zero-order chi connectivity index (χ0) is 13.3. The number of nitrogens with zero attached hydrogens (tertiary/aromatic N) is 1. The Morgan fingerprint density at radius 3 is 2.00 bits per heavy atom. The van der Waals surface area contributed by atoms with Gasteiger partial charge in [-0.25, -0.2) is 4.79 Å². The molecule has 0 unspecified atom stereocenters. The normalized spacial score (nSPS) is 10.2. The van der Waals surface area contributed by atoms with Gasteiger partial charge in [0.15, 0.2) is 0 Å². The first-order chi connectivity index (χ1) is 7.82. The molecule has 0 spiro atoms. The fourth-order valence-electron chi connectivity index (χ4n) is 1.20. The van der Waals surface area contributed by atoms with Crippen LogP contribution in [0.25, 0.3) is 0 Å². The van der Waals surface area contributed by atoms with Crippen molar-refractivity contribution in [1.82, 2.24) is 0 Å². The second-order valence-electron chi connectivity index (χ2n) is 3.00. The zero-order valence-electron chi connectivity index (χ0n) is 8.30. The van der Waals surface area contributed by atoms with E-state index in [1.807, 2.05) is 0 Å². The van der Waals surface area contributed by atoms with Gasteiger partial charge in [-0.2, -0.15) is 0 Å². The van der Waals surface area contributed by atoms with Crippen LogP contribution in [0.3, 0.4) is 0 Å². The molecular formula is C9H5Cl4NO3. The van der Waals surface area contributed by atoms with Gasteiger partial charge in [0.05, 0.1) is 25.8 Å². The first-order valence-electron chi connectivity index (χ1n) is 4.10. The summed E-state index contributed by atoms with van der Waals surface area (Å²) in [6.45, 7) is 0. The maximum Gasteiger partial charge on any atom is 0.339 e. The van der Waals surface area contributed by atoms with Crippen molar-refractivity contribution in [3.05, 3.63) is 25.7 Å². The van der Waals surface area contributed by atoms with E-state index in [0.29, 0.717) is 6.41 Å². The highest BCUT2D eigenvalue weighted by atomic mass is 35.5. The molecule has 0 fully saturated rings. The molecular weight excluding hydrogens is 312 g/mol. The van der Waals surface area contributed by atoms with Crippen LogP contribution in [0.5, 0.6) is 0 Å². The number of rotatable bonds is 3.